The Morgan fingerprint density at radius 1 is 1.32 bits per heavy atom. The highest BCUT2D eigenvalue weighted by Gasteiger charge is 2.14. The summed E-state index contributed by atoms with van der Waals surface area (Å²) >= 11 is 0. The molecule has 0 aromatic heterocycles. The second-order valence-electron chi connectivity index (χ2n) is 5.32. The monoisotopic (exact) mass is 327 g/mol. The van der Waals surface area contributed by atoms with Crippen molar-refractivity contribution in [2.45, 2.75) is 24.2 Å². The van der Waals surface area contributed by atoms with Gasteiger partial charge in [-0.2, -0.15) is 0 Å². The number of nitrogens with one attached hydrogen (secondary N) is 2. The van der Waals surface area contributed by atoms with Crippen molar-refractivity contribution in [3.8, 4) is 0 Å². The van der Waals surface area contributed by atoms with Crippen LogP contribution in [0.3, 0.4) is 0 Å². The lowest BCUT2D eigenvalue weighted by Crippen LogP contribution is -2.29. The average Bonchev–Trinajstić information content (AvgIpc) is 2.96. The van der Waals surface area contributed by atoms with Crippen molar-refractivity contribution in [1.82, 2.24) is 5.32 Å². The van der Waals surface area contributed by atoms with Gasteiger partial charge in [0.05, 0.1) is 4.90 Å². The summed E-state index contributed by atoms with van der Waals surface area (Å²) in [5.41, 5.74) is 0.508. The molecule has 1 aliphatic rings. The second kappa shape index (κ2) is 7.57. The molecule has 1 heterocycles. The van der Waals surface area contributed by atoms with Gasteiger partial charge in [0.25, 0.3) is 0 Å². The first-order chi connectivity index (χ1) is 10.4. The van der Waals surface area contributed by atoms with E-state index in [4.69, 9.17) is 9.88 Å². The molecule has 1 aromatic rings. The van der Waals surface area contributed by atoms with Gasteiger partial charge in [-0.25, -0.2) is 18.4 Å². The summed E-state index contributed by atoms with van der Waals surface area (Å²) in [5.74, 6) is 0.607. The van der Waals surface area contributed by atoms with Crippen molar-refractivity contribution in [2.75, 3.05) is 25.1 Å². The quantitative estimate of drug-likeness (QED) is 0.683. The zero-order valence-electron chi connectivity index (χ0n) is 12.2. The molecule has 8 heteroatoms. The lowest BCUT2D eigenvalue weighted by molar-refractivity contribution is 0.184. The van der Waals surface area contributed by atoms with Gasteiger partial charge in [-0.1, -0.05) is 0 Å². The van der Waals surface area contributed by atoms with Crippen LogP contribution in [0.5, 0.6) is 0 Å². The SMILES string of the molecule is NS(=O)(=O)c1ccc(NC(=O)NCCC[C@H]2CCOC2)cc1. The van der Waals surface area contributed by atoms with Crippen molar-refractivity contribution in [3.05, 3.63) is 24.3 Å². The van der Waals surface area contributed by atoms with Crippen molar-refractivity contribution >= 4 is 21.7 Å². The lowest BCUT2D eigenvalue weighted by Gasteiger charge is -2.10. The van der Waals surface area contributed by atoms with E-state index in [1.54, 1.807) is 0 Å². The number of carbonyl (C=O) groups is 1. The minimum absolute atomic E-state index is 0.0113. The standard InChI is InChI=1S/C14H21N3O4S/c15-22(19,20)13-5-3-12(4-6-13)17-14(18)16-8-1-2-11-7-9-21-10-11/h3-6,11H,1-2,7-10H2,(H2,15,19,20)(H2,16,17,18)/t11-/m0/s1. The number of ether oxygens (including phenoxy) is 1. The summed E-state index contributed by atoms with van der Waals surface area (Å²) < 4.78 is 27.5. The molecule has 0 spiro atoms. The summed E-state index contributed by atoms with van der Waals surface area (Å²) in [5, 5.41) is 10.4. The average molecular weight is 327 g/mol. The first-order valence-electron chi connectivity index (χ1n) is 7.20. The van der Waals surface area contributed by atoms with Crippen molar-refractivity contribution in [2.24, 2.45) is 11.1 Å². The summed E-state index contributed by atoms with van der Waals surface area (Å²) in [6.07, 6.45) is 3.05. The maximum Gasteiger partial charge on any atom is 0.319 e. The number of amides is 2. The molecule has 22 heavy (non-hydrogen) atoms. The third-order valence-corrected chi connectivity index (χ3v) is 4.47. The van der Waals surface area contributed by atoms with Crippen LogP contribution < -0.4 is 15.8 Å². The van der Waals surface area contributed by atoms with E-state index in [1.165, 1.54) is 24.3 Å². The van der Waals surface area contributed by atoms with Crippen molar-refractivity contribution in [3.63, 3.8) is 0 Å². The predicted octanol–water partition coefficient (Wildman–Crippen LogP) is 1.27. The van der Waals surface area contributed by atoms with Gasteiger partial charge < -0.3 is 15.4 Å². The van der Waals surface area contributed by atoms with Crippen LogP contribution in [-0.4, -0.2) is 34.2 Å². The molecule has 0 saturated carbocycles. The molecule has 0 bridgehead atoms. The Morgan fingerprint density at radius 3 is 2.64 bits per heavy atom. The number of nitrogens with two attached hydrogens (primary N) is 1. The van der Waals surface area contributed by atoms with Crippen LogP contribution in [0.4, 0.5) is 10.5 Å². The van der Waals surface area contributed by atoms with E-state index in [1.807, 2.05) is 0 Å². The maximum absolute atomic E-state index is 11.7. The molecule has 2 amide bonds. The highest BCUT2D eigenvalue weighted by Crippen LogP contribution is 2.17. The zero-order valence-corrected chi connectivity index (χ0v) is 13.1. The second-order valence-corrected chi connectivity index (χ2v) is 6.88. The van der Waals surface area contributed by atoms with E-state index in [2.05, 4.69) is 10.6 Å². The molecule has 1 aliphatic heterocycles. The fourth-order valence-corrected chi connectivity index (χ4v) is 2.82. The maximum atomic E-state index is 11.7. The van der Waals surface area contributed by atoms with E-state index >= 15 is 0 Å². The Balaban J connectivity index is 1.70. The van der Waals surface area contributed by atoms with Crippen molar-refractivity contribution < 1.29 is 17.9 Å². The molecule has 1 aromatic carbocycles. The molecule has 0 unspecified atom stereocenters. The number of anilines is 1. The Bertz CT molecular complexity index is 595. The predicted molar refractivity (Wildman–Crippen MR) is 83.0 cm³/mol. The molecule has 0 aliphatic carbocycles. The minimum Gasteiger partial charge on any atom is -0.381 e. The van der Waals surface area contributed by atoms with Gasteiger partial charge >= 0.3 is 6.03 Å². The number of rotatable bonds is 6. The Hall–Kier alpha value is -1.64. The number of benzene rings is 1. The number of urea groups is 1. The molecule has 2 rings (SSSR count). The third-order valence-electron chi connectivity index (χ3n) is 3.54. The Morgan fingerprint density at radius 2 is 2.05 bits per heavy atom. The lowest BCUT2D eigenvalue weighted by atomic mass is 10.0. The van der Waals surface area contributed by atoms with Crippen LogP contribution >= 0.6 is 0 Å². The Labute approximate surface area is 130 Å². The number of hydrogen-bond acceptors (Lipinski definition) is 4. The molecule has 1 atom stereocenters. The van der Waals surface area contributed by atoms with Crippen LogP contribution in [0.1, 0.15) is 19.3 Å². The van der Waals surface area contributed by atoms with Gasteiger partial charge in [0.1, 0.15) is 0 Å². The molecular formula is C14H21N3O4S. The smallest absolute Gasteiger partial charge is 0.319 e. The van der Waals surface area contributed by atoms with Crippen LogP contribution in [0.15, 0.2) is 29.2 Å². The van der Waals surface area contributed by atoms with Gasteiger partial charge in [-0.05, 0) is 49.4 Å². The summed E-state index contributed by atoms with van der Waals surface area (Å²) in [7, 11) is -3.71. The molecule has 1 fully saturated rings. The summed E-state index contributed by atoms with van der Waals surface area (Å²) in [6.45, 7) is 2.26. The van der Waals surface area contributed by atoms with Crippen molar-refractivity contribution in [1.29, 1.82) is 0 Å². The third kappa shape index (κ3) is 5.28. The molecule has 4 N–H and O–H groups in total. The van der Waals surface area contributed by atoms with E-state index in [9.17, 15) is 13.2 Å². The Kier molecular flexibility index (Phi) is 5.76. The van der Waals surface area contributed by atoms with E-state index in [0.29, 0.717) is 18.2 Å². The fourth-order valence-electron chi connectivity index (χ4n) is 2.31. The van der Waals surface area contributed by atoms with Gasteiger partial charge in [0.15, 0.2) is 0 Å². The molecule has 0 radical (unpaired) electrons. The minimum atomic E-state index is -3.71. The normalized spacial score (nSPS) is 18.1. The van der Waals surface area contributed by atoms with Gasteiger partial charge in [-0.3, -0.25) is 0 Å². The number of carbonyl (C=O) groups excluding carboxylic acids is 1. The molecule has 122 valence electrons. The number of sulfonamides is 1. The highest BCUT2D eigenvalue weighted by molar-refractivity contribution is 7.89. The van der Waals surface area contributed by atoms with Gasteiger partial charge in [0.2, 0.25) is 10.0 Å². The van der Waals surface area contributed by atoms with Crippen LogP contribution in [0.25, 0.3) is 0 Å². The molecule has 1 saturated heterocycles. The van der Waals surface area contributed by atoms with E-state index < -0.39 is 10.0 Å². The van der Waals surface area contributed by atoms with Crippen LogP contribution in [-0.2, 0) is 14.8 Å². The summed E-state index contributed by atoms with van der Waals surface area (Å²) in [6, 6.07) is 5.38. The topological polar surface area (TPSA) is 111 Å². The van der Waals surface area contributed by atoms with E-state index in [0.717, 1.165) is 32.5 Å². The van der Waals surface area contributed by atoms with Crippen LogP contribution in [0.2, 0.25) is 0 Å². The zero-order chi connectivity index (χ0) is 16.0. The number of hydrogen-bond donors (Lipinski definition) is 3. The van der Waals surface area contributed by atoms with Gasteiger partial charge in [-0.15, -0.1) is 0 Å². The largest absolute Gasteiger partial charge is 0.381 e. The molecular weight excluding hydrogens is 306 g/mol. The summed E-state index contributed by atoms with van der Waals surface area (Å²) in [4.78, 5) is 11.7. The van der Waals surface area contributed by atoms with E-state index in [-0.39, 0.29) is 10.9 Å². The number of primary sulfonamides is 1. The highest BCUT2D eigenvalue weighted by atomic mass is 32.2. The van der Waals surface area contributed by atoms with Crippen LogP contribution in [0, 0.1) is 5.92 Å². The molecule has 7 nitrogen and oxygen atoms in total. The fraction of sp³-hybridized carbons (Fsp3) is 0.500. The first-order valence-corrected chi connectivity index (χ1v) is 8.75. The first kappa shape index (κ1) is 16.7. The van der Waals surface area contributed by atoms with Gasteiger partial charge in [0, 0.05) is 25.4 Å².